The quantitative estimate of drug-likeness (QED) is 0.315. The number of carbonyl (C=O) groups is 3. The molecular weight excluding hydrogens is 550 g/mol. The number of aromatic nitrogens is 2. The molecule has 0 bridgehead atoms. The largest absolute Gasteiger partial charge is 0.299 e. The van der Waals surface area contributed by atoms with Gasteiger partial charge in [-0.3, -0.25) is 24.3 Å². The fraction of sp³-hybridized carbons (Fsp3) is 0.355. The Hall–Kier alpha value is -4.03. The molecule has 2 fully saturated rings. The molecule has 1 aromatic carbocycles. The second-order valence-corrected chi connectivity index (χ2v) is 11.4. The van der Waals surface area contributed by atoms with Gasteiger partial charge < -0.3 is 0 Å². The van der Waals surface area contributed by atoms with Gasteiger partial charge in [0.1, 0.15) is 23.1 Å². The van der Waals surface area contributed by atoms with Crippen LogP contribution in [-0.2, 0) is 14.4 Å². The van der Waals surface area contributed by atoms with Gasteiger partial charge in [-0.1, -0.05) is 29.8 Å². The standard InChI is InChI=1S/C31H27ClF2N4O3/c1-31(34)13-19(14-31)10-25(39)29(22-4-2-3-5-23(22)32)28(20-12-21(33)17-36-16-20)30(41)24-6-7-27(40)38(24)26-11-18(15-35)8-9-37-26/h2-5,8-9,11-12,16-17,19,24,28-29H,6-7,10,13-14H2,1H3/t19?,24-,28?,29-,31?/m0/s1. The van der Waals surface area contributed by atoms with E-state index in [-0.39, 0.29) is 71.7 Å². The van der Waals surface area contributed by atoms with Gasteiger partial charge in [-0.05, 0) is 67.5 Å². The van der Waals surface area contributed by atoms with Gasteiger partial charge >= 0.3 is 0 Å². The van der Waals surface area contributed by atoms with E-state index in [1.807, 2.05) is 6.07 Å². The van der Waals surface area contributed by atoms with Crippen LogP contribution in [0.15, 0.2) is 61.1 Å². The Balaban J connectivity index is 1.61. The summed E-state index contributed by atoms with van der Waals surface area (Å²) in [5.74, 6) is -4.34. The van der Waals surface area contributed by atoms with Gasteiger partial charge in [0.2, 0.25) is 5.91 Å². The number of rotatable bonds is 9. The van der Waals surface area contributed by atoms with Gasteiger partial charge in [0.15, 0.2) is 5.78 Å². The number of carbonyl (C=O) groups excluding carboxylic acids is 3. The molecule has 1 saturated heterocycles. The number of alkyl halides is 1. The Bertz CT molecular complexity index is 1550. The molecular formula is C31H27ClF2N4O3. The number of nitriles is 1. The third kappa shape index (κ3) is 5.89. The molecule has 1 unspecified atom stereocenters. The topological polar surface area (TPSA) is 104 Å². The highest BCUT2D eigenvalue weighted by molar-refractivity contribution is 6.31. The summed E-state index contributed by atoms with van der Waals surface area (Å²) in [7, 11) is 0. The van der Waals surface area contributed by atoms with Crippen LogP contribution in [0, 0.1) is 23.1 Å². The second kappa shape index (κ2) is 11.5. The number of nitrogens with zero attached hydrogens (tertiary/aromatic N) is 4. The minimum Gasteiger partial charge on any atom is -0.299 e. The van der Waals surface area contributed by atoms with Crippen molar-refractivity contribution >= 4 is 34.9 Å². The average Bonchev–Trinajstić information content (AvgIpc) is 3.32. The van der Waals surface area contributed by atoms with Crippen molar-refractivity contribution < 1.29 is 23.2 Å². The third-order valence-electron chi connectivity index (χ3n) is 7.89. The lowest BCUT2D eigenvalue weighted by Crippen LogP contribution is -2.44. The normalized spacial score (nSPS) is 23.4. The Morgan fingerprint density at radius 1 is 1.20 bits per heavy atom. The molecule has 0 spiro atoms. The molecule has 5 rings (SSSR count). The summed E-state index contributed by atoms with van der Waals surface area (Å²) in [6.45, 7) is 1.49. The predicted molar refractivity (Wildman–Crippen MR) is 147 cm³/mol. The van der Waals surface area contributed by atoms with Crippen LogP contribution < -0.4 is 4.90 Å². The minimum absolute atomic E-state index is 0.0149. The Labute approximate surface area is 241 Å². The smallest absolute Gasteiger partial charge is 0.228 e. The molecule has 1 aliphatic carbocycles. The van der Waals surface area contributed by atoms with E-state index in [1.165, 1.54) is 36.4 Å². The highest BCUT2D eigenvalue weighted by Crippen LogP contribution is 2.46. The van der Waals surface area contributed by atoms with Gasteiger partial charge in [-0.15, -0.1) is 0 Å². The first-order valence-electron chi connectivity index (χ1n) is 13.4. The summed E-state index contributed by atoms with van der Waals surface area (Å²) in [6, 6.07) is 11.7. The van der Waals surface area contributed by atoms with Crippen LogP contribution >= 0.6 is 11.6 Å². The molecule has 10 heteroatoms. The van der Waals surface area contributed by atoms with Crippen LogP contribution in [0.5, 0.6) is 0 Å². The SMILES string of the molecule is CC1(F)CC(CC(=O)[C@H](c2ccccc2Cl)C(C(=O)[C@@H]2CCC(=O)N2c2cc(C#N)ccn2)c2cncc(F)c2)C1. The van der Waals surface area contributed by atoms with Crippen molar-refractivity contribution in [1.29, 1.82) is 5.26 Å². The molecule has 0 N–H and O–H groups in total. The summed E-state index contributed by atoms with van der Waals surface area (Å²) >= 11 is 6.58. The average molecular weight is 577 g/mol. The molecule has 7 nitrogen and oxygen atoms in total. The molecule has 3 aromatic rings. The number of hydrogen-bond donors (Lipinski definition) is 0. The molecule has 1 saturated carbocycles. The number of ketones is 2. The maximum Gasteiger partial charge on any atom is 0.228 e. The summed E-state index contributed by atoms with van der Waals surface area (Å²) in [4.78, 5) is 51.1. The number of amides is 1. The lowest BCUT2D eigenvalue weighted by Gasteiger charge is -2.39. The zero-order valence-electron chi connectivity index (χ0n) is 22.3. The van der Waals surface area contributed by atoms with Crippen molar-refractivity contribution in [3.8, 4) is 6.07 Å². The zero-order chi connectivity index (χ0) is 29.3. The maximum absolute atomic E-state index is 14.6. The first-order valence-corrected chi connectivity index (χ1v) is 13.7. The van der Waals surface area contributed by atoms with Crippen LogP contribution in [0.1, 0.15) is 67.6 Å². The molecule has 1 aliphatic heterocycles. The monoisotopic (exact) mass is 576 g/mol. The summed E-state index contributed by atoms with van der Waals surface area (Å²) in [6.07, 6.45) is 4.35. The molecule has 210 valence electrons. The van der Waals surface area contributed by atoms with E-state index in [0.29, 0.717) is 5.56 Å². The fourth-order valence-corrected chi connectivity index (χ4v) is 6.41. The van der Waals surface area contributed by atoms with Crippen LogP contribution in [0.4, 0.5) is 14.6 Å². The molecule has 3 atom stereocenters. The predicted octanol–water partition coefficient (Wildman–Crippen LogP) is 5.87. The summed E-state index contributed by atoms with van der Waals surface area (Å²) in [5, 5.41) is 9.61. The van der Waals surface area contributed by atoms with E-state index in [2.05, 4.69) is 9.97 Å². The lowest BCUT2D eigenvalue weighted by atomic mass is 9.67. The van der Waals surface area contributed by atoms with E-state index in [4.69, 9.17) is 11.6 Å². The van der Waals surface area contributed by atoms with E-state index in [9.17, 15) is 28.4 Å². The Morgan fingerprint density at radius 2 is 1.95 bits per heavy atom. The number of anilines is 1. The Morgan fingerprint density at radius 3 is 2.63 bits per heavy atom. The van der Waals surface area contributed by atoms with E-state index >= 15 is 0 Å². The first-order chi connectivity index (χ1) is 19.6. The number of Topliss-reactive ketones (excluding diaryl/α,β-unsaturated/α-hetero) is 2. The van der Waals surface area contributed by atoms with E-state index in [1.54, 1.807) is 24.3 Å². The first kappa shape index (κ1) is 28.5. The summed E-state index contributed by atoms with van der Waals surface area (Å²) in [5.41, 5.74) is -0.543. The Kier molecular flexibility index (Phi) is 7.96. The van der Waals surface area contributed by atoms with Gasteiger partial charge in [0.05, 0.1) is 35.7 Å². The highest BCUT2D eigenvalue weighted by Gasteiger charge is 2.48. The van der Waals surface area contributed by atoms with Crippen LogP contribution in [0.2, 0.25) is 5.02 Å². The lowest BCUT2D eigenvalue weighted by molar-refractivity contribution is -0.129. The van der Waals surface area contributed by atoms with E-state index < -0.39 is 35.1 Å². The molecule has 1 amide bonds. The van der Waals surface area contributed by atoms with Gasteiger partial charge in [0, 0.05) is 30.3 Å². The number of hydrogen-bond acceptors (Lipinski definition) is 6. The number of benzene rings is 1. The number of pyridine rings is 2. The van der Waals surface area contributed by atoms with Gasteiger partial charge in [0.25, 0.3) is 0 Å². The van der Waals surface area contributed by atoms with Crippen LogP contribution in [0.3, 0.4) is 0 Å². The van der Waals surface area contributed by atoms with Crippen molar-refractivity contribution in [3.63, 3.8) is 0 Å². The zero-order valence-corrected chi connectivity index (χ0v) is 23.0. The fourth-order valence-electron chi connectivity index (χ4n) is 6.15. The van der Waals surface area contributed by atoms with Crippen LogP contribution in [-0.4, -0.2) is 39.2 Å². The maximum atomic E-state index is 14.6. The van der Waals surface area contributed by atoms with Crippen molar-refractivity contribution in [1.82, 2.24) is 9.97 Å². The highest BCUT2D eigenvalue weighted by atomic mass is 35.5. The second-order valence-electron chi connectivity index (χ2n) is 11.0. The van der Waals surface area contributed by atoms with Gasteiger partial charge in [-0.2, -0.15) is 5.26 Å². The summed E-state index contributed by atoms with van der Waals surface area (Å²) < 4.78 is 28.8. The number of halogens is 3. The third-order valence-corrected chi connectivity index (χ3v) is 8.24. The molecule has 2 aromatic heterocycles. The van der Waals surface area contributed by atoms with Gasteiger partial charge in [-0.25, -0.2) is 13.8 Å². The van der Waals surface area contributed by atoms with E-state index in [0.717, 1.165) is 12.3 Å². The van der Waals surface area contributed by atoms with Crippen molar-refractivity contribution in [2.75, 3.05) is 4.90 Å². The van der Waals surface area contributed by atoms with Crippen molar-refractivity contribution in [3.05, 3.63) is 88.6 Å². The molecule has 0 radical (unpaired) electrons. The molecule has 41 heavy (non-hydrogen) atoms. The molecule has 2 aliphatic rings. The van der Waals surface area contributed by atoms with Crippen LogP contribution in [0.25, 0.3) is 0 Å². The van der Waals surface area contributed by atoms with Crippen molar-refractivity contribution in [2.45, 2.75) is 62.6 Å². The molecule has 3 heterocycles. The van der Waals surface area contributed by atoms with Crippen molar-refractivity contribution in [2.24, 2.45) is 5.92 Å². The minimum atomic E-state index is -1.35.